The first-order valence-corrected chi connectivity index (χ1v) is 6.61. The van der Waals surface area contributed by atoms with Gasteiger partial charge in [0.25, 0.3) is 0 Å². The van der Waals surface area contributed by atoms with Crippen LogP contribution in [-0.4, -0.2) is 50.3 Å². The highest BCUT2D eigenvalue weighted by Gasteiger charge is 2.41. The molecule has 0 aliphatic carbocycles. The minimum atomic E-state index is -4.50. The van der Waals surface area contributed by atoms with Gasteiger partial charge in [-0.1, -0.05) is 13.8 Å². The fourth-order valence-electron chi connectivity index (χ4n) is 1.89. The summed E-state index contributed by atoms with van der Waals surface area (Å²) in [7, 11) is -3.07. The second kappa shape index (κ2) is 5.59. The van der Waals surface area contributed by atoms with Crippen LogP contribution in [0, 0.1) is 11.8 Å². The monoisotopic (exact) mass is 270 g/mol. The molecule has 0 bridgehead atoms. The van der Waals surface area contributed by atoms with Crippen LogP contribution >= 0.6 is 0 Å². The van der Waals surface area contributed by atoms with Gasteiger partial charge in [-0.3, -0.25) is 4.55 Å². The van der Waals surface area contributed by atoms with E-state index in [0.29, 0.717) is 0 Å². The number of hydrogen-bond donors (Lipinski definition) is 2. The van der Waals surface area contributed by atoms with Gasteiger partial charge in [0, 0.05) is 18.9 Å². The summed E-state index contributed by atoms with van der Waals surface area (Å²) in [6.45, 7) is 3.13. The van der Waals surface area contributed by atoms with Crippen LogP contribution in [-0.2, 0) is 24.1 Å². The summed E-state index contributed by atoms with van der Waals surface area (Å²) in [4.78, 5) is 0. The fraction of sp³-hybridized carbons (Fsp3) is 1.00. The Kier molecular flexibility index (Phi) is 4.87. The molecule has 7 nitrogen and oxygen atoms in total. The number of aliphatic hydroxyl groups excluding tert-OH is 1. The third-order valence-electron chi connectivity index (χ3n) is 3.02. The van der Waals surface area contributed by atoms with Crippen molar-refractivity contribution in [3.05, 3.63) is 0 Å². The second-order valence-corrected chi connectivity index (χ2v) is 5.29. The maximum Gasteiger partial charge on any atom is 0.397 e. The highest BCUT2D eigenvalue weighted by molar-refractivity contribution is 7.80. The molecule has 5 unspecified atom stereocenters. The first kappa shape index (κ1) is 14.8. The molecule has 102 valence electrons. The Morgan fingerprint density at radius 2 is 1.88 bits per heavy atom. The molecule has 1 rings (SSSR count). The van der Waals surface area contributed by atoms with Crippen LogP contribution in [0.5, 0.6) is 0 Å². The number of rotatable bonds is 4. The summed E-state index contributed by atoms with van der Waals surface area (Å²) in [5, 5.41) is 9.92. The summed E-state index contributed by atoms with van der Waals surface area (Å²) >= 11 is 0. The Labute approximate surface area is 101 Å². The third-order valence-corrected chi connectivity index (χ3v) is 3.45. The van der Waals surface area contributed by atoms with E-state index in [9.17, 15) is 13.5 Å². The van der Waals surface area contributed by atoms with E-state index >= 15 is 0 Å². The Morgan fingerprint density at radius 3 is 2.35 bits per heavy atom. The number of aliphatic hydroxyl groups is 1. The zero-order chi connectivity index (χ0) is 13.2. The van der Waals surface area contributed by atoms with Gasteiger partial charge in [0.2, 0.25) is 0 Å². The Balaban J connectivity index is 2.66. The van der Waals surface area contributed by atoms with Gasteiger partial charge in [0.15, 0.2) is 6.29 Å². The molecule has 1 aliphatic heterocycles. The van der Waals surface area contributed by atoms with E-state index in [1.165, 1.54) is 7.11 Å². The van der Waals surface area contributed by atoms with Crippen LogP contribution in [0.15, 0.2) is 0 Å². The van der Waals surface area contributed by atoms with Crippen molar-refractivity contribution in [1.29, 1.82) is 0 Å². The standard InChI is InChI=1S/C9H18O7S/c1-5-7(4-15-17(11,12)13)16-9(14-3)6(2)8(5)10/h5-10H,4H2,1-3H3,(H,11,12,13). The zero-order valence-electron chi connectivity index (χ0n) is 9.94. The van der Waals surface area contributed by atoms with Crippen molar-refractivity contribution in [2.75, 3.05) is 13.7 Å². The predicted octanol–water partition coefficient (Wildman–Crippen LogP) is -0.190. The van der Waals surface area contributed by atoms with Gasteiger partial charge in [0.05, 0.1) is 18.8 Å². The van der Waals surface area contributed by atoms with E-state index < -0.39 is 28.9 Å². The van der Waals surface area contributed by atoms with Crippen LogP contribution in [0.1, 0.15) is 13.8 Å². The first-order valence-electron chi connectivity index (χ1n) is 5.24. The predicted molar refractivity (Wildman–Crippen MR) is 57.5 cm³/mol. The van der Waals surface area contributed by atoms with Crippen LogP contribution in [0.2, 0.25) is 0 Å². The summed E-state index contributed by atoms with van der Waals surface area (Å²) in [6.07, 6.45) is -1.98. The van der Waals surface area contributed by atoms with Gasteiger partial charge in [-0.2, -0.15) is 8.42 Å². The lowest BCUT2D eigenvalue weighted by Gasteiger charge is -2.41. The van der Waals surface area contributed by atoms with Crippen molar-refractivity contribution in [1.82, 2.24) is 0 Å². The van der Waals surface area contributed by atoms with Crippen molar-refractivity contribution >= 4 is 10.4 Å². The van der Waals surface area contributed by atoms with E-state index in [1.54, 1.807) is 13.8 Å². The molecule has 0 radical (unpaired) electrons. The van der Waals surface area contributed by atoms with E-state index in [4.69, 9.17) is 14.0 Å². The summed E-state index contributed by atoms with van der Waals surface area (Å²) < 4.78 is 44.1. The van der Waals surface area contributed by atoms with Gasteiger partial charge < -0.3 is 14.6 Å². The summed E-state index contributed by atoms with van der Waals surface area (Å²) in [5.41, 5.74) is 0. The summed E-state index contributed by atoms with van der Waals surface area (Å²) in [5.74, 6) is -0.546. The molecule has 2 N–H and O–H groups in total. The number of ether oxygens (including phenoxy) is 2. The molecule has 17 heavy (non-hydrogen) atoms. The van der Waals surface area contributed by atoms with Crippen LogP contribution in [0.25, 0.3) is 0 Å². The maximum atomic E-state index is 10.5. The third kappa shape index (κ3) is 3.87. The van der Waals surface area contributed by atoms with Crippen molar-refractivity contribution in [3.8, 4) is 0 Å². The minimum absolute atomic E-state index is 0.225. The summed E-state index contributed by atoms with van der Waals surface area (Å²) in [6, 6.07) is 0. The maximum absolute atomic E-state index is 10.5. The molecule has 0 aromatic rings. The molecule has 1 fully saturated rings. The van der Waals surface area contributed by atoms with E-state index in [1.807, 2.05) is 0 Å². The number of hydrogen-bond acceptors (Lipinski definition) is 6. The lowest BCUT2D eigenvalue weighted by atomic mass is 9.86. The molecule has 1 aliphatic rings. The molecular formula is C9H18O7S. The Hall–Kier alpha value is -0.250. The molecule has 0 saturated carbocycles. The van der Waals surface area contributed by atoms with Crippen LogP contribution in [0.4, 0.5) is 0 Å². The van der Waals surface area contributed by atoms with Gasteiger partial charge >= 0.3 is 10.4 Å². The van der Waals surface area contributed by atoms with Crippen LogP contribution < -0.4 is 0 Å². The minimum Gasteiger partial charge on any atom is -0.392 e. The Morgan fingerprint density at radius 1 is 1.29 bits per heavy atom. The molecule has 1 saturated heterocycles. The van der Waals surface area contributed by atoms with Crippen molar-refractivity contribution in [2.45, 2.75) is 32.3 Å². The van der Waals surface area contributed by atoms with E-state index in [-0.39, 0.29) is 18.4 Å². The quantitative estimate of drug-likeness (QED) is 0.682. The van der Waals surface area contributed by atoms with E-state index in [2.05, 4.69) is 4.18 Å². The molecule has 1 heterocycles. The molecule has 5 atom stereocenters. The van der Waals surface area contributed by atoms with E-state index in [0.717, 1.165) is 0 Å². The van der Waals surface area contributed by atoms with Crippen LogP contribution in [0.3, 0.4) is 0 Å². The highest BCUT2D eigenvalue weighted by Crippen LogP contribution is 2.30. The lowest BCUT2D eigenvalue weighted by Crippen LogP contribution is -2.51. The average Bonchev–Trinajstić information content (AvgIpc) is 2.24. The van der Waals surface area contributed by atoms with Crippen molar-refractivity contribution < 1.29 is 31.7 Å². The second-order valence-electron chi connectivity index (χ2n) is 4.20. The van der Waals surface area contributed by atoms with Gasteiger partial charge in [-0.15, -0.1) is 0 Å². The lowest BCUT2D eigenvalue weighted by molar-refractivity contribution is -0.257. The first-order chi connectivity index (χ1) is 7.76. The van der Waals surface area contributed by atoms with Gasteiger partial charge in [0.1, 0.15) is 0 Å². The molecular weight excluding hydrogens is 252 g/mol. The largest absolute Gasteiger partial charge is 0.397 e. The smallest absolute Gasteiger partial charge is 0.392 e. The molecule has 0 aromatic heterocycles. The molecule has 8 heteroatoms. The fourth-order valence-corrected chi connectivity index (χ4v) is 2.20. The SMILES string of the molecule is COC1OC(COS(=O)(=O)O)C(C)C(O)C1C. The van der Waals surface area contributed by atoms with Crippen molar-refractivity contribution in [3.63, 3.8) is 0 Å². The average molecular weight is 270 g/mol. The molecule has 0 amide bonds. The topological polar surface area (TPSA) is 102 Å². The molecule has 0 spiro atoms. The number of methoxy groups -OCH3 is 1. The highest BCUT2D eigenvalue weighted by atomic mass is 32.3. The zero-order valence-corrected chi connectivity index (χ0v) is 10.8. The molecule has 0 aromatic carbocycles. The van der Waals surface area contributed by atoms with Gasteiger partial charge in [-0.25, -0.2) is 4.18 Å². The van der Waals surface area contributed by atoms with Crippen molar-refractivity contribution in [2.24, 2.45) is 11.8 Å². The normalized spacial score (nSPS) is 39.2. The van der Waals surface area contributed by atoms with Gasteiger partial charge in [-0.05, 0) is 0 Å². The Bertz CT molecular complexity index is 339.